The number of fused-ring (bicyclic) bond motifs is 2. The molecule has 1 amide bonds. The molecule has 6 nitrogen and oxygen atoms in total. The largest absolute Gasteiger partial charge is 0.329 e. The summed E-state index contributed by atoms with van der Waals surface area (Å²) in [6.45, 7) is 0.723. The van der Waals surface area contributed by atoms with Crippen LogP contribution in [0.4, 0.5) is 0 Å². The predicted molar refractivity (Wildman–Crippen MR) is 102 cm³/mol. The van der Waals surface area contributed by atoms with Crippen molar-refractivity contribution in [1.82, 2.24) is 24.5 Å². The lowest BCUT2D eigenvalue weighted by Gasteiger charge is -2.35. The average Bonchev–Trinajstić information content (AvgIpc) is 3.21. The summed E-state index contributed by atoms with van der Waals surface area (Å²) in [5, 5.41) is 6.13. The third kappa shape index (κ3) is 2.73. The summed E-state index contributed by atoms with van der Waals surface area (Å²) >= 11 is 0. The van der Waals surface area contributed by atoms with E-state index in [1.54, 1.807) is 16.9 Å². The molecule has 4 heterocycles. The van der Waals surface area contributed by atoms with Crippen LogP contribution in [-0.4, -0.2) is 36.9 Å². The van der Waals surface area contributed by atoms with Crippen LogP contribution in [0.15, 0.2) is 61.1 Å². The van der Waals surface area contributed by atoms with E-state index < -0.39 is 0 Å². The molecule has 4 aromatic rings. The lowest BCUT2D eigenvalue weighted by atomic mass is 9.98. The fourth-order valence-corrected chi connectivity index (χ4v) is 3.92. The van der Waals surface area contributed by atoms with Gasteiger partial charge in [0.15, 0.2) is 5.65 Å². The Hall–Kier alpha value is -3.28. The van der Waals surface area contributed by atoms with Gasteiger partial charge in [-0.2, -0.15) is 5.10 Å². The van der Waals surface area contributed by atoms with Crippen LogP contribution in [0.2, 0.25) is 0 Å². The number of benzene rings is 1. The molecule has 6 heteroatoms. The second-order valence-corrected chi connectivity index (χ2v) is 6.88. The van der Waals surface area contributed by atoms with Gasteiger partial charge in [0.2, 0.25) is 0 Å². The minimum Gasteiger partial charge on any atom is -0.329 e. The van der Waals surface area contributed by atoms with Crippen LogP contribution in [0.5, 0.6) is 0 Å². The van der Waals surface area contributed by atoms with Crippen molar-refractivity contribution in [2.45, 2.75) is 25.3 Å². The Morgan fingerprint density at radius 2 is 1.96 bits per heavy atom. The maximum Gasteiger partial charge on any atom is 0.273 e. The van der Waals surface area contributed by atoms with E-state index in [0.717, 1.165) is 47.9 Å². The van der Waals surface area contributed by atoms with Gasteiger partial charge in [0.1, 0.15) is 5.69 Å². The normalized spacial score (nSPS) is 17.5. The summed E-state index contributed by atoms with van der Waals surface area (Å²) in [4.78, 5) is 24.5. The standard InChI is InChI=1S/C21H19N5O/c27-21(20-16-6-2-1-5-15(16)8-11-22-20)25-13-4-3-7-18(25)17-10-14-26-19(24-17)9-12-23-26/h1-2,5-6,8-12,14,18H,3-4,7,13H2/t18-/m0/s1. The number of nitrogens with zero attached hydrogens (tertiary/aromatic N) is 5. The molecule has 0 aliphatic carbocycles. The third-order valence-electron chi connectivity index (χ3n) is 5.26. The minimum atomic E-state index is -0.0353. The Morgan fingerprint density at radius 3 is 2.93 bits per heavy atom. The van der Waals surface area contributed by atoms with Gasteiger partial charge in [-0.15, -0.1) is 0 Å². The molecular weight excluding hydrogens is 338 g/mol. The van der Waals surface area contributed by atoms with E-state index in [4.69, 9.17) is 4.98 Å². The van der Waals surface area contributed by atoms with Gasteiger partial charge in [0, 0.05) is 30.4 Å². The summed E-state index contributed by atoms with van der Waals surface area (Å²) in [5.74, 6) is -0.0216. The molecule has 1 atom stereocenters. The molecule has 0 radical (unpaired) electrons. The monoisotopic (exact) mass is 357 g/mol. The maximum atomic E-state index is 13.4. The van der Waals surface area contributed by atoms with E-state index in [1.165, 1.54) is 0 Å². The number of rotatable bonds is 2. The summed E-state index contributed by atoms with van der Waals surface area (Å²) < 4.78 is 1.74. The van der Waals surface area contributed by atoms with Gasteiger partial charge < -0.3 is 4.90 Å². The molecule has 0 N–H and O–H groups in total. The van der Waals surface area contributed by atoms with Gasteiger partial charge in [-0.3, -0.25) is 9.78 Å². The van der Waals surface area contributed by atoms with Crippen molar-refractivity contribution >= 4 is 22.3 Å². The molecule has 0 saturated carbocycles. The number of hydrogen-bond donors (Lipinski definition) is 0. The van der Waals surface area contributed by atoms with Crippen molar-refractivity contribution in [1.29, 1.82) is 0 Å². The van der Waals surface area contributed by atoms with Gasteiger partial charge in [-0.25, -0.2) is 9.50 Å². The van der Waals surface area contributed by atoms with Crippen LogP contribution in [0.3, 0.4) is 0 Å². The second-order valence-electron chi connectivity index (χ2n) is 6.88. The summed E-state index contributed by atoms with van der Waals surface area (Å²) in [5.41, 5.74) is 2.23. The molecule has 27 heavy (non-hydrogen) atoms. The van der Waals surface area contributed by atoms with Crippen LogP contribution in [0, 0.1) is 0 Å². The minimum absolute atomic E-state index is 0.0216. The lowest BCUT2D eigenvalue weighted by molar-refractivity contribution is 0.0602. The third-order valence-corrected chi connectivity index (χ3v) is 5.26. The Morgan fingerprint density at radius 1 is 1.04 bits per heavy atom. The van der Waals surface area contributed by atoms with E-state index in [1.807, 2.05) is 53.6 Å². The first kappa shape index (κ1) is 15.9. The van der Waals surface area contributed by atoms with Gasteiger partial charge in [0.25, 0.3) is 5.91 Å². The fourth-order valence-electron chi connectivity index (χ4n) is 3.92. The highest BCUT2D eigenvalue weighted by Gasteiger charge is 2.31. The number of pyridine rings is 1. The molecule has 1 fully saturated rings. The molecule has 1 aliphatic rings. The Bertz CT molecular complexity index is 1130. The van der Waals surface area contributed by atoms with E-state index >= 15 is 0 Å². The number of aromatic nitrogens is 4. The molecule has 0 unspecified atom stereocenters. The zero-order valence-electron chi connectivity index (χ0n) is 14.8. The Kier molecular flexibility index (Phi) is 3.81. The first-order valence-electron chi connectivity index (χ1n) is 9.26. The number of carbonyl (C=O) groups is 1. The molecule has 0 spiro atoms. The van der Waals surface area contributed by atoms with E-state index in [0.29, 0.717) is 5.69 Å². The van der Waals surface area contributed by atoms with Crippen molar-refractivity contribution < 1.29 is 4.79 Å². The van der Waals surface area contributed by atoms with Crippen LogP contribution in [-0.2, 0) is 0 Å². The quantitative estimate of drug-likeness (QED) is 0.549. The smallest absolute Gasteiger partial charge is 0.273 e. The first-order valence-corrected chi connectivity index (χ1v) is 9.26. The number of piperidine rings is 1. The van der Waals surface area contributed by atoms with E-state index in [9.17, 15) is 4.79 Å². The highest BCUT2D eigenvalue weighted by atomic mass is 16.2. The van der Waals surface area contributed by atoms with E-state index in [2.05, 4.69) is 10.1 Å². The van der Waals surface area contributed by atoms with Gasteiger partial charge in [0.05, 0.1) is 17.9 Å². The van der Waals surface area contributed by atoms with Gasteiger partial charge in [-0.1, -0.05) is 24.3 Å². The van der Waals surface area contributed by atoms with Crippen LogP contribution in [0.1, 0.15) is 41.5 Å². The number of hydrogen-bond acceptors (Lipinski definition) is 4. The first-order chi connectivity index (χ1) is 13.3. The van der Waals surface area contributed by atoms with Crippen LogP contribution < -0.4 is 0 Å². The van der Waals surface area contributed by atoms with Crippen LogP contribution in [0.25, 0.3) is 16.4 Å². The van der Waals surface area contributed by atoms with Gasteiger partial charge >= 0.3 is 0 Å². The SMILES string of the molecule is O=C(c1nccc2ccccc12)N1CCCC[C@H]1c1ccn2nccc2n1. The summed E-state index contributed by atoms with van der Waals surface area (Å²) in [6.07, 6.45) is 8.35. The highest BCUT2D eigenvalue weighted by molar-refractivity contribution is 6.05. The fraction of sp³-hybridized carbons (Fsp3) is 0.238. The zero-order chi connectivity index (χ0) is 18.2. The number of amides is 1. The average molecular weight is 357 g/mol. The second kappa shape index (κ2) is 6.46. The van der Waals surface area contributed by atoms with Crippen molar-refractivity contribution in [2.75, 3.05) is 6.54 Å². The maximum absolute atomic E-state index is 13.4. The molecule has 0 bridgehead atoms. The van der Waals surface area contributed by atoms with E-state index in [-0.39, 0.29) is 11.9 Å². The molecule has 1 saturated heterocycles. The molecule has 5 rings (SSSR count). The highest BCUT2D eigenvalue weighted by Crippen LogP contribution is 2.32. The van der Waals surface area contributed by atoms with Crippen LogP contribution >= 0.6 is 0 Å². The topological polar surface area (TPSA) is 63.4 Å². The van der Waals surface area contributed by atoms with Gasteiger partial charge in [-0.05, 0) is 36.8 Å². The molecule has 1 aliphatic heterocycles. The van der Waals surface area contributed by atoms with Crippen molar-refractivity contribution in [3.8, 4) is 0 Å². The zero-order valence-corrected chi connectivity index (χ0v) is 14.8. The number of likely N-dealkylation sites (tertiary alicyclic amines) is 1. The van der Waals surface area contributed by atoms with Crippen molar-refractivity contribution in [3.63, 3.8) is 0 Å². The Balaban J connectivity index is 1.55. The summed E-state index contributed by atoms with van der Waals surface area (Å²) in [7, 11) is 0. The lowest BCUT2D eigenvalue weighted by Crippen LogP contribution is -2.39. The molecule has 3 aromatic heterocycles. The van der Waals surface area contributed by atoms with Crippen molar-refractivity contribution in [3.05, 3.63) is 72.4 Å². The van der Waals surface area contributed by atoms with Crippen molar-refractivity contribution in [2.24, 2.45) is 0 Å². The molecule has 1 aromatic carbocycles. The predicted octanol–water partition coefficient (Wildman–Crippen LogP) is 3.64. The number of carbonyl (C=O) groups excluding carboxylic acids is 1. The molecular formula is C21H19N5O. The molecule has 134 valence electrons. The summed E-state index contributed by atoms with van der Waals surface area (Å²) in [6, 6.07) is 13.6. The Labute approximate surface area is 156 Å².